The van der Waals surface area contributed by atoms with Crippen LogP contribution in [0.25, 0.3) is 11.1 Å². The molecule has 0 radical (unpaired) electrons. The Morgan fingerprint density at radius 2 is 1.89 bits per heavy atom. The van der Waals surface area contributed by atoms with Crippen molar-refractivity contribution in [2.75, 3.05) is 46.0 Å². The Morgan fingerprint density at radius 3 is 2.63 bits per heavy atom. The number of carbonyl (C=O) groups is 2. The van der Waals surface area contributed by atoms with E-state index in [1.807, 2.05) is 43.3 Å². The van der Waals surface area contributed by atoms with E-state index < -0.39 is 12.6 Å². The molecule has 1 unspecified atom stereocenters. The average molecular weight is 483 g/mol. The predicted octanol–water partition coefficient (Wildman–Crippen LogP) is 3.51. The van der Waals surface area contributed by atoms with Crippen LogP contribution in [0.5, 0.6) is 17.2 Å². The van der Waals surface area contributed by atoms with E-state index in [0.717, 1.165) is 55.0 Å². The molecule has 35 heavy (non-hydrogen) atoms. The van der Waals surface area contributed by atoms with Gasteiger partial charge in [-0.05, 0) is 86.7 Å². The molecular weight excluding hydrogens is 448 g/mol. The Morgan fingerprint density at radius 1 is 1.06 bits per heavy atom. The SMILES string of the molecule is Cc1ccc(OCCC2CCNC2=O)cc1-c1ccc(OCCN2CCCC2)c(OCC(=O)O)c1. The average Bonchev–Trinajstić information content (AvgIpc) is 3.51. The summed E-state index contributed by atoms with van der Waals surface area (Å²) in [6.07, 6.45) is 3.98. The molecule has 2 heterocycles. The van der Waals surface area contributed by atoms with E-state index in [9.17, 15) is 9.59 Å². The quantitative estimate of drug-likeness (QED) is 0.478. The van der Waals surface area contributed by atoms with Gasteiger partial charge >= 0.3 is 5.97 Å². The van der Waals surface area contributed by atoms with Gasteiger partial charge in [-0.1, -0.05) is 12.1 Å². The van der Waals surface area contributed by atoms with Crippen molar-refractivity contribution in [3.05, 3.63) is 42.0 Å². The molecule has 2 saturated heterocycles. The van der Waals surface area contributed by atoms with Crippen molar-refractivity contribution < 1.29 is 28.9 Å². The Kier molecular flexibility index (Phi) is 8.47. The van der Waals surface area contributed by atoms with Gasteiger partial charge in [-0.15, -0.1) is 0 Å². The minimum absolute atomic E-state index is 0.0203. The lowest BCUT2D eigenvalue weighted by molar-refractivity contribution is -0.139. The number of ether oxygens (including phenoxy) is 3. The summed E-state index contributed by atoms with van der Waals surface area (Å²) >= 11 is 0. The minimum Gasteiger partial charge on any atom is -0.494 e. The summed E-state index contributed by atoms with van der Waals surface area (Å²) in [7, 11) is 0. The highest BCUT2D eigenvalue weighted by Crippen LogP contribution is 2.35. The first-order valence-corrected chi connectivity index (χ1v) is 12.3. The first kappa shape index (κ1) is 24.9. The van der Waals surface area contributed by atoms with Gasteiger partial charge in [-0.3, -0.25) is 9.69 Å². The van der Waals surface area contributed by atoms with Gasteiger partial charge in [-0.25, -0.2) is 4.79 Å². The van der Waals surface area contributed by atoms with Gasteiger partial charge in [0.1, 0.15) is 12.4 Å². The van der Waals surface area contributed by atoms with E-state index in [-0.39, 0.29) is 11.8 Å². The number of rotatable bonds is 12. The third kappa shape index (κ3) is 6.88. The van der Waals surface area contributed by atoms with E-state index in [2.05, 4.69) is 10.2 Å². The lowest BCUT2D eigenvalue weighted by atomic mass is 9.99. The molecule has 2 fully saturated rings. The van der Waals surface area contributed by atoms with Gasteiger partial charge in [-0.2, -0.15) is 0 Å². The van der Waals surface area contributed by atoms with E-state index in [0.29, 0.717) is 31.1 Å². The number of carboxylic acids is 1. The molecule has 8 heteroatoms. The highest BCUT2D eigenvalue weighted by Gasteiger charge is 2.23. The van der Waals surface area contributed by atoms with Crippen LogP contribution in [0.2, 0.25) is 0 Å². The Labute approximate surface area is 206 Å². The lowest BCUT2D eigenvalue weighted by Gasteiger charge is -2.18. The summed E-state index contributed by atoms with van der Waals surface area (Å²) in [5.74, 6) is 0.754. The molecule has 2 aromatic rings. The number of benzene rings is 2. The van der Waals surface area contributed by atoms with Crippen molar-refractivity contribution in [1.82, 2.24) is 10.2 Å². The van der Waals surface area contributed by atoms with Gasteiger partial charge in [0.05, 0.1) is 6.61 Å². The van der Waals surface area contributed by atoms with E-state index >= 15 is 0 Å². The number of likely N-dealkylation sites (tertiary alicyclic amines) is 1. The molecule has 1 amide bonds. The second kappa shape index (κ2) is 11.9. The lowest BCUT2D eigenvalue weighted by Crippen LogP contribution is -2.25. The van der Waals surface area contributed by atoms with Gasteiger partial charge in [0.15, 0.2) is 18.1 Å². The first-order valence-electron chi connectivity index (χ1n) is 12.3. The fourth-order valence-electron chi connectivity index (χ4n) is 4.58. The fourth-order valence-corrected chi connectivity index (χ4v) is 4.58. The van der Waals surface area contributed by atoms with Crippen molar-refractivity contribution >= 4 is 11.9 Å². The van der Waals surface area contributed by atoms with Crippen LogP contribution in [0, 0.1) is 12.8 Å². The molecular formula is C27H34N2O6. The van der Waals surface area contributed by atoms with E-state index in [1.165, 1.54) is 12.8 Å². The number of carbonyl (C=O) groups excluding carboxylic acids is 1. The molecule has 2 N–H and O–H groups in total. The van der Waals surface area contributed by atoms with Crippen LogP contribution in [0.3, 0.4) is 0 Å². The van der Waals surface area contributed by atoms with Gasteiger partial charge < -0.3 is 24.6 Å². The Bertz CT molecular complexity index is 1030. The molecule has 2 aliphatic rings. The summed E-state index contributed by atoms with van der Waals surface area (Å²) in [4.78, 5) is 25.2. The Balaban J connectivity index is 1.45. The van der Waals surface area contributed by atoms with Gasteiger partial charge in [0.25, 0.3) is 0 Å². The maximum absolute atomic E-state index is 11.8. The number of nitrogens with one attached hydrogen (secondary N) is 1. The minimum atomic E-state index is -1.04. The van der Waals surface area contributed by atoms with Crippen LogP contribution in [0.15, 0.2) is 36.4 Å². The first-order chi connectivity index (χ1) is 17.0. The zero-order chi connectivity index (χ0) is 24.6. The summed E-state index contributed by atoms with van der Waals surface area (Å²) in [5, 5.41) is 12.0. The topological polar surface area (TPSA) is 97.3 Å². The molecule has 0 aromatic heterocycles. The molecule has 4 rings (SSSR count). The van der Waals surface area contributed by atoms with Crippen molar-refractivity contribution in [3.63, 3.8) is 0 Å². The number of hydrogen-bond acceptors (Lipinski definition) is 6. The summed E-state index contributed by atoms with van der Waals surface area (Å²) < 4.78 is 17.5. The molecule has 2 aliphatic heterocycles. The third-order valence-electron chi connectivity index (χ3n) is 6.58. The molecule has 188 valence electrons. The van der Waals surface area contributed by atoms with Gasteiger partial charge in [0, 0.05) is 19.0 Å². The second-order valence-corrected chi connectivity index (χ2v) is 9.13. The monoisotopic (exact) mass is 482 g/mol. The maximum atomic E-state index is 11.8. The smallest absolute Gasteiger partial charge is 0.341 e. The standard InChI is InChI=1S/C27H34N2O6/c1-19-4-6-22(33-14-9-20-8-10-28-27(20)32)17-23(19)21-5-7-24(25(16-21)35-18-26(30)31)34-15-13-29-11-2-3-12-29/h4-7,16-17,20H,2-3,8-15,18H2,1H3,(H,28,32)(H,30,31). The number of nitrogens with zero attached hydrogens (tertiary/aromatic N) is 1. The normalized spacial score (nSPS) is 17.9. The highest BCUT2D eigenvalue weighted by molar-refractivity contribution is 5.80. The fraction of sp³-hybridized carbons (Fsp3) is 0.481. The predicted molar refractivity (Wildman–Crippen MR) is 132 cm³/mol. The van der Waals surface area contributed by atoms with Crippen LogP contribution in [0.1, 0.15) is 31.2 Å². The van der Waals surface area contributed by atoms with Crippen molar-refractivity contribution in [1.29, 1.82) is 0 Å². The van der Waals surface area contributed by atoms with Crippen molar-refractivity contribution in [3.8, 4) is 28.4 Å². The van der Waals surface area contributed by atoms with E-state index in [1.54, 1.807) is 0 Å². The zero-order valence-electron chi connectivity index (χ0n) is 20.3. The van der Waals surface area contributed by atoms with Gasteiger partial charge in [0.2, 0.25) is 5.91 Å². The Hall–Kier alpha value is -3.26. The van der Waals surface area contributed by atoms with Crippen LogP contribution in [0.4, 0.5) is 0 Å². The molecule has 0 aliphatic carbocycles. The summed E-state index contributed by atoms with van der Waals surface area (Å²) in [5.41, 5.74) is 2.90. The van der Waals surface area contributed by atoms with Crippen molar-refractivity contribution in [2.24, 2.45) is 5.92 Å². The summed E-state index contributed by atoms with van der Waals surface area (Å²) in [6, 6.07) is 11.5. The van der Waals surface area contributed by atoms with Crippen LogP contribution >= 0.6 is 0 Å². The molecule has 2 aromatic carbocycles. The number of aliphatic carboxylic acids is 1. The van der Waals surface area contributed by atoms with Crippen LogP contribution < -0.4 is 19.5 Å². The third-order valence-corrected chi connectivity index (χ3v) is 6.58. The number of hydrogen-bond donors (Lipinski definition) is 2. The summed E-state index contributed by atoms with van der Waals surface area (Å²) in [6.45, 7) is 6.32. The van der Waals surface area contributed by atoms with Crippen LogP contribution in [-0.4, -0.2) is 67.9 Å². The molecule has 0 bridgehead atoms. The molecule has 0 saturated carbocycles. The van der Waals surface area contributed by atoms with E-state index in [4.69, 9.17) is 19.3 Å². The number of aryl methyl sites for hydroxylation is 1. The molecule has 1 atom stereocenters. The maximum Gasteiger partial charge on any atom is 0.341 e. The number of carboxylic acid groups (broad SMARTS) is 1. The number of amides is 1. The second-order valence-electron chi connectivity index (χ2n) is 9.13. The largest absolute Gasteiger partial charge is 0.494 e. The molecule has 8 nitrogen and oxygen atoms in total. The van der Waals surface area contributed by atoms with Crippen LogP contribution in [-0.2, 0) is 9.59 Å². The van der Waals surface area contributed by atoms with Crippen molar-refractivity contribution in [2.45, 2.75) is 32.6 Å². The molecule has 0 spiro atoms. The highest BCUT2D eigenvalue weighted by atomic mass is 16.5. The zero-order valence-corrected chi connectivity index (χ0v) is 20.3.